The Balaban J connectivity index is 1.71. The number of aliphatic hydroxyl groups excluding tert-OH is 1. The molecule has 3 aromatic rings. The minimum Gasteiger partial charge on any atom is -0.458 e. The Morgan fingerprint density at radius 1 is 1.14 bits per heavy atom. The van der Waals surface area contributed by atoms with Crippen molar-refractivity contribution in [1.82, 2.24) is 0 Å². The lowest BCUT2D eigenvalue weighted by Gasteiger charge is -2.07. The summed E-state index contributed by atoms with van der Waals surface area (Å²) in [7, 11) is 0. The molecule has 0 aliphatic heterocycles. The minimum atomic E-state index is -0.626. The minimum absolute atomic E-state index is 0.542. The Labute approximate surface area is 132 Å². The van der Waals surface area contributed by atoms with Crippen molar-refractivity contribution in [1.29, 1.82) is 0 Å². The predicted octanol–water partition coefficient (Wildman–Crippen LogP) is 5.22. The smallest absolute Gasteiger partial charge is 0.134 e. The molecule has 21 heavy (non-hydrogen) atoms. The first-order chi connectivity index (χ1) is 10.1. The average Bonchev–Trinajstić information content (AvgIpc) is 2.89. The summed E-state index contributed by atoms with van der Waals surface area (Å²) in [5.41, 5.74) is 1.99. The standard InChI is InChI=1S/C17H15ClO2S/c1-11-2-7-16-12(8-11)9-17(20-16)15(19)10-21-14-5-3-13(18)4-6-14/h2-9,15,19H,10H2,1H3. The van der Waals surface area contributed by atoms with Gasteiger partial charge in [-0.2, -0.15) is 0 Å². The van der Waals surface area contributed by atoms with Crippen LogP contribution in [0.1, 0.15) is 17.4 Å². The van der Waals surface area contributed by atoms with Crippen LogP contribution in [0.4, 0.5) is 0 Å². The molecule has 0 spiro atoms. The maximum Gasteiger partial charge on any atom is 0.134 e. The summed E-state index contributed by atoms with van der Waals surface area (Å²) in [4.78, 5) is 1.07. The van der Waals surface area contributed by atoms with E-state index in [-0.39, 0.29) is 0 Å². The van der Waals surface area contributed by atoms with Crippen LogP contribution >= 0.6 is 23.4 Å². The number of benzene rings is 2. The topological polar surface area (TPSA) is 33.4 Å². The molecule has 0 amide bonds. The van der Waals surface area contributed by atoms with Crippen molar-refractivity contribution in [3.8, 4) is 0 Å². The third kappa shape index (κ3) is 3.43. The molecule has 3 rings (SSSR count). The van der Waals surface area contributed by atoms with Crippen molar-refractivity contribution in [2.24, 2.45) is 0 Å². The monoisotopic (exact) mass is 318 g/mol. The number of thioether (sulfide) groups is 1. The fourth-order valence-corrected chi connectivity index (χ4v) is 3.10. The number of hydrogen-bond donors (Lipinski definition) is 1. The molecule has 1 aromatic heterocycles. The first kappa shape index (κ1) is 14.5. The highest BCUT2D eigenvalue weighted by atomic mass is 35.5. The van der Waals surface area contributed by atoms with E-state index in [1.807, 2.05) is 49.4 Å². The number of hydrogen-bond acceptors (Lipinski definition) is 3. The van der Waals surface area contributed by atoms with E-state index in [2.05, 4.69) is 6.07 Å². The predicted molar refractivity (Wildman–Crippen MR) is 88.1 cm³/mol. The Bertz CT molecular complexity index is 749. The summed E-state index contributed by atoms with van der Waals surface area (Å²) in [6.07, 6.45) is -0.626. The van der Waals surface area contributed by atoms with Gasteiger partial charge in [-0.3, -0.25) is 0 Å². The van der Waals surface area contributed by atoms with E-state index < -0.39 is 6.10 Å². The van der Waals surface area contributed by atoms with Gasteiger partial charge < -0.3 is 9.52 Å². The average molecular weight is 319 g/mol. The van der Waals surface area contributed by atoms with Crippen LogP contribution in [0.2, 0.25) is 5.02 Å². The number of aliphatic hydroxyl groups is 1. The van der Waals surface area contributed by atoms with E-state index in [4.69, 9.17) is 16.0 Å². The van der Waals surface area contributed by atoms with Crippen LogP contribution in [0.5, 0.6) is 0 Å². The molecule has 1 N–H and O–H groups in total. The second-order valence-corrected chi connectivity index (χ2v) is 6.50. The quantitative estimate of drug-likeness (QED) is 0.669. The van der Waals surface area contributed by atoms with Gasteiger partial charge in [0.1, 0.15) is 17.4 Å². The summed E-state index contributed by atoms with van der Waals surface area (Å²) in [5.74, 6) is 1.15. The molecule has 1 unspecified atom stereocenters. The van der Waals surface area contributed by atoms with Gasteiger partial charge in [-0.25, -0.2) is 0 Å². The van der Waals surface area contributed by atoms with E-state index in [1.165, 1.54) is 5.56 Å². The fourth-order valence-electron chi connectivity index (χ4n) is 2.14. The fraction of sp³-hybridized carbons (Fsp3) is 0.176. The van der Waals surface area contributed by atoms with Crippen LogP contribution < -0.4 is 0 Å². The van der Waals surface area contributed by atoms with E-state index in [9.17, 15) is 5.11 Å². The van der Waals surface area contributed by atoms with Gasteiger partial charge in [0.05, 0.1) is 0 Å². The molecule has 4 heteroatoms. The molecule has 0 saturated carbocycles. The molecule has 0 bridgehead atoms. The van der Waals surface area contributed by atoms with Crippen molar-refractivity contribution >= 4 is 34.3 Å². The molecule has 0 aliphatic carbocycles. The summed E-state index contributed by atoms with van der Waals surface area (Å²) >= 11 is 7.43. The summed E-state index contributed by atoms with van der Waals surface area (Å²) in [6, 6.07) is 15.5. The summed E-state index contributed by atoms with van der Waals surface area (Å²) in [6.45, 7) is 2.04. The molecule has 2 aromatic carbocycles. The van der Waals surface area contributed by atoms with Crippen LogP contribution in [0.15, 0.2) is 57.8 Å². The van der Waals surface area contributed by atoms with Gasteiger partial charge in [-0.05, 0) is 49.4 Å². The van der Waals surface area contributed by atoms with Gasteiger partial charge in [0.15, 0.2) is 0 Å². The molecule has 0 fully saturated rings. The Kier molecular flexibility index (Phi) is 4.24. The number of furan rings is 1. The maximum absolute atomic E-state index is 10.3. The zero-order valence-corrected chi connectivity index (χ0v) is 13.1. The Hall–Kier alpha value is -1.42. The first-order valence-electron chi connectivity index (χ1n) is 6.68. The van der Waals surface area contributed by atoms with Crippen molar-refractivity contribution < 1.29 is 9.52 Å². The molecule has 108 valence electrons. The second-order valence-electron chi connectivity index (χ2n) is 4.97. The Morgan fingerprint density at radius 2 is 1.90 bits per heavy atom. The molecule has 0 radical (unpaired) electrons. The van der Waals surface area contributed by atoms with E-state index in [0.29, 0.717) is 16.5 Å². The molecular weight excluding hydrogens is 304 g/mol. The number of rotatable bonds is 4. The van der Waals surface area contributed by atoms with Gasteiger partial charge in [0.2, 0.25) is 0 Å². The van der Waals surface area contributed by atoms with E-state index in [1.54, 1.807) is 11.8 Å². The van der Waals surface area contributed by atoms with E-state index in [0.717, 1.165) is 15.9 Å². The van der Waals surface area contributed by atoms with Gasteiger partial charge in [-0.1, -0.05) is 23.2 Å². The first-order valence-corrected chi connectivity index (χ1v) is 8.05. The highest BCUT2D eigenvalue weighted by molar-refractivity contribution is 7.99. The summed E-state index contributed by atoms with van der Waals surface area (Å²) < 4.78 is 5.71. The van der Waals surface area contributed by atoms with Crippen molar-refractivity contribution in [3.05, 3.63) is 64.9 Å². The maximum atomic E-state index is 10.3. The summed E-state index contributed by atoms with van der Waals surface area (Å²) in [5, 5.41) is 12.0. The van der Waals surface area contributed by atoms with Crippen LogP contribution in [0.3, 0.4) is 0 Å². The largest absolute Gasteiger partial charge is 0.458 e. The van der Waals surface area contributed by atoms with Crippen molar-refractivity contribution in [2.75, 3.05) is 5.75 Å². The highest BCUT2D eigenvalue weighted by Gasteiger charge is 2.14. The number of aryl methyl sites for hydroxylation is 1. The van der Waals surface area contributed by atoms with Gasteiger partial charge in [0.25, 0.3) is 0 Å². The highest BCUT2D eigenvalue weighted by Crippen LogP contribution is 2.29. The molecular formula is C17H15ClO2S. The zero-order chi connectivity index (χ0) is 14.8. The third-order valence-electron chi connectivity index (χ3n) is 3.24. The lowest BCUT2D eigenvalue weighted by atomic mass is 10.2. The van der Waals surface area contributed by atoms with Crippen LogP contribution in [0, 0.1) is 6.92 Å². The van der Waals surface area contributed by atoms with Crippen LogP contribution in [-0.2, 0) is 0 Å². The molecule has 0 saturated heterocycles. The normalized spacial score (nSPS) is 12.7. The molecule has 1 heterocycles. The molecule has 0 aliphatic rings. The molecule has 2 nitrogen and oxygen atoms in total. The van der Waals surface area contributed by atoms with Gasteiger partial charge in [0, 0.05) is 21.1 Å². The van der Waals surface area contributed by atoms with Crippen molar-refractivity contribution in [2.45, 2.75) is 17.9 Å². The van der Waals surface area contributed by atoms with Crippen LogP contribution in [-0.4, -0.2) is 10.9 Å². The van der Waals surface area contributed by atoms with Gasteiger partial charge in [-0.15, -0.1) is 11.8 Å². The second kappa shape index (κ2) is 6.14. The lowest BCUT2D eigenvalue weighted by molar-refractivity contribution is 0.177. The lowest BCUT2D eigenvalue weighted by Crippen LogP contribution is -1.98. The number of fused-ring (bicyclic) bond motifs is 1. The van der Waals surface area contributed by atoms with Gasteiger partial charge >= 0.3 is 0 Å². The van der Waals surface area contributed by atoms with Crippen molar-refractivity contribution in [3.63, 3.8) is 0 Å². The third-order valence-corrected chi connectivity index (χ3v) is 4.58. The zero-order valence-electron chi connectivity index (χ0n) is 11.5. The Morgan fingerprint density at radius 3 is 2.67 bits per heavy atom. The SMILES string of the molecule is Cc1ccc2oc(C(O)CSc3ccc(Cl)cc3)cc2c1. The molecule has 1 atom stereocenters. The number of halogens is 1. The van der Waals surface area contributed by atoms with Crippen LogP contribution in [0.25, 0.3) is 11.0 Å². The van der Waals surface area contributed by atoms with E-state index >= 15 is 0 Å².